The van der Waals surface area contributed by atoms with Gasteiger partial charge in [0.1, 0.15) is 5.82 Å². The maximum Gasteiger partial charge on any atom is 0.416 e. The highest BCUT2D eigenvalue weighted by Gasteiger charge is 2.44. The molecular formula is C23H24F4N2O2. The van der Waals surface area contributed by atoms with E-state index in [4.69, 9.17) is 4.74 Å². The van der Waals surface area contributed by atoms with Gasteiger partial charge in [0.2, 0.25) is 5.91 Å². The summed E-state index contributed by atoms with van der Waals surface area (Å²) in [7, 11) is 0. The lowest BCUT2D eigenvalue weighted by atomic mass is 10.0. The van der Waals surface area contributed by atoms with Gasteiger partial charge >= 0.3 is 6.18 Å². The molecule has 1 saturated carbocycles. The van der Waals surface area contributed by atoms with E-state index >= 15 is 0 Å². The second kappa shape index (κ2) is 8.96. The standard InChI is InChI=1S/C23H24F4N2O2/c24-18-7-3-16(4-8-18)21(29-9-11-31-12-10-29)14-28-22(30)20-13-19(20)15-1-5-17(6-2-15)23(25,26)27/h1-8,19-21H,9-14H2,(H,28,30). The molecule has 1 amide bonds. The fourth-order valence-electron chi connectivity index (χ4n) is 4.13. The number of morpholine rings is 1. The Kier molecular flexibility index (Phi) is 6.29. The molecule has 4 nitrogen and oxygen atoms in total. The van der Waals surface area contributed by atoms with E-state index < -0.39 is 11.7 Å². The third-order valence-electron chi connectivity index (χ3n) is 6.00. The van der Waals surface area contributed by atoms with Crippen LogP contribution in [0.5, 0.6) is 0 Å². The molecule has 0 radical (unpaired) electrons. The van der Waals surface area contributed by atoms with Crippen molar-refractivity contribution in [3.8, 4) is 0 Å². The fraction of sp³-hybridized carbons (Fsp3) is 0.435. The van der Waals surface area contributed by atoms with E-state index in [1.807, 2.05) is 0 Å². The van der Waals surface area contributed by atoms with Crippen molar-refractivity contribution in [2.75, 3.05) is 32.8 Å². The van der Waals surface area contributed by atoms with Crippen molar-refractivity contribution in [3.05, 3.63) is 71.0 Å². The van der Waals surface area contributed by atoms with Crippen LogP contribution in [0.25, 0.3) is 0 Å². The summed E-state index contributed by atoms with van der Waals surface area (Å²) in [6.07, 6.45) is -3.75. The van der Waals surface area contributed by atoms with Gasteiger partial charge in [-0.2, -0.15) is 13.2 Å². The van der Waals surface area contributed by atoms with E-state index in [1.54, 1.807) is 12.1 Å². The summed E-state index contributed by atoms with van der Waals surface area (Å²) in [5, 5.41) is 3.00. The Morgan fingerprint density at radius 1 is 1.06 bits per heavy atom. The summed E-state index contributed by atoms with van der Waals surface area (Å²) in [5.74, 6) is -0.721. The molecule has 3 atom stereocenters. The molecule has 2 aromatic rings. The maximum atomic E-state index is 13.3. The van der Waals surface area contributed by atoms with Crippen LogP contribution in [0.15, 0.2) is 48.5 Å². The van der Waals surface area contributed by atoms with Gasteiger partial charge in [0.05, 0.1) is 24.8 Å². The first-order valence-corrected chi connectivity index (χ1v) is 10.3. The van der Waals surface area contributed by atoms with Gasteiger partial charge in [-0.3, -0.25) is 9.69 Å². The van der Waals surface area contributed by atoms with Gasteiger partial charge in [0.15, 0.2) is 0 Å². The lowest BCUT2D eigenvalue weighted by Gasteiger charge is -2.35. The molecule has 2 fully saturated rings. The van der Waals surface area contributed by atoms with Crippen LogP contribution in [0, 0.1) is 11.7 Å². The molecule has 3 unspecified atom stereocenters. The van der Waals surface area contributed by atoms with Gasteiger partial charge < -0.3 is 10.1 Å². The average Bonchev–Trinajstić information content (AvgIpc) is 3.56. The number of nitrogens with one attached hydrogen (secondary N) is 1. The van der Waals surface area contributed by atoms with Gasteiger partial charge in [-0.25, -0.2) is 4.39 Å². The number of rotatable bonds is 6. The molecule has 1 aliphatic carbocycles. The van der Waals surface area contributed by atoms with Crippen molar-refractivity contribution in [2.24, 2.45) is 5.92 Å². The molecule has 1 saturated heterocycles. The minimum Gasteiger partial charge on any atom is -0.379 e. The van der Waals surface area contributed by atoms with Crippen molar-refractivity contribution < 1.29 is 27.1 Å². The molecule has 8 heteroatoms. The molecule has 2 aromatic carbocycles. The molecule has 0 bridgehead atoms. The smallest absolute Gasteiger partial charge is 0.379 e. The van der Waals surface area contributed by atoms with Crippen LogP contribution in [-0.2, 0) is 15.7 Å². The van der Waals surface area contributed by atoms with Crippen LogP contribution in [0.3, 0.4) is 0 Å². The molecule has 31 heavy (non-hydrogen) atoms. The molecule has 166 valence electrons. The predicted molar refractivity (Wildman–Crippen MR) is 107 cm³/mol. The third-order valence-corrected chi connectivity index (χ3v) is 6.00. The fourth-order valence-corrected chi connectivity index (χ4v) is 4.13. The second-order valence-corrected chi connectivity index (χ2v) is 8.03. The molecule has 1 N–H and O–H groups in total. The summed E-state index contributed by atoms with van der Waals surface area (Å²) < 4.78 is 57.0. The molecule has 0 spiro atoms. The van der Waals surface area contributed by atoms with Crippen LogP contribution >= 0.6 is 0 Å². The SMILES string of the molecule is O=C(NCC(c1ccc(F)cc1)N1CCOCC1)C1CC1c1ccc(C(F)(F)F)cc1. The number of halogens is 4. The molecule has 1 aliphatic heterocycles. The van der Waals surface area contributed by atoms with Crippen LogP contribution in [0.1, 0.15) is 35.1 Å². The highest BCUT2D eigenvalue weighted by atomic mass is 19.4. The zero-order valence-corrected chi connectivity index (χ0v) is 16.9. The lowest BCUT2D eigenvalue weighted by molar-refractivity contribution is -0.137. The average molecular weight is 436 g/mol. The number of hydrogen-bond acceptors (Lipinski definition) is 3. The van der Waals surface area contributed by atoms with Crippen molar-refractivity contribution >= 4 is 5.91 Å². The van der Waals surface area contributed by atoms with Crippen LogP contribution < -0.4 is 5.32 Å². The number of carbonyl (C=O) groups excluding carboxylic acids is 1. The van der Waals surface area contributed by atoms with Gasteiger partial charge in [-0.15, -0.1) is 0 Å². The first-order valence-electron chi connectivity index (χ1n) is 10.3. The second-order valence-electron chi connectivity index (χ2n) is 8.03. The van der Waals surface area contributed by atoms with E-state index in [0.717, 1.165) is 36.3 Å². The van der Waals surface area contributed by atoms with E-state index in [-0.39, 0.29) is 29.6 Å². The summed E-state index contributed by atoms with van der Waals surface area (Å²) in [6, 6.07) is 11.2. The van der Waals surface area contributed by atoms with Gasteiger partial charge in [0.25, 0.3) is 0 Å². The maximum absolute atomic E-state index is 13.3. The number of amides is 1. The molecule has 0 aromatic heterocycles. The Bertz CT molecular complexity index is 893. The largest absolute Gasteiger partial charge is 0.416 e. The number of ether oxygens (including phenoxy) is 1. The van der Waals surface area contributed by atoms with Crippen molar-refractivity contribution in [3.63, 3.8) is 0 Å². The third kappa shape index (κ3) is 5.25. The number of benzene rings is 2. The van der Waals surface area contributed by atoms with Crippen molar-refractivity contribution in [1.29, 1.82) is 0 Å². The van der Waals surface area contributed by atoms with Crippen LogP contribution in [-0.4, -0.2) is 43.7 Å². The Hall–Kier alpha value is -2.45. The lowest BCUT2D eigenvalue weighted by Crippen LogP contribution is -2.44. The highest BCUT2D eigenvalue weighted by Crippen LogP contribution is 2.48. The summed E-state index contributed by atoms with van der Waals surface area (Å²) in [6.45, 7) is 3.01. The van der Waals surface area contributed by atoms with Gasteiger partial charge in [-0.05, 0) is 47.7 Å². The number of carbonyl (C=O) groups is 1. The zero-order chi connectivity index (χ0) is 22.0. The number of nitrogens with zero attached hydrogens (tertiary/aromatic N) is 1. The van der Waals surface area contributed by atoms with E-state index in [0.29, 0.717) is 26.2 Å². The summed E-state index contributed by atoms with van der Waals surface area (Å²) in [4.78, 5) is 14.9. The van der Waals surface area contributed by atoms with E-state index in [2.05, 4.69) is 10.2 Å². The molecule has 2 aliphatic rings. The first kappa shape index (κ1) is 21.8. The molecular weight excluding hydrogens is 412 g/mol. The van der Waals surface area contributed by atoms with Gasteiger partial charge in [-0.1, -0.05) is 24.3 Å². The summed E-state index contributed by atoms with van der Waals surface area (Å²) in [5.41, 5.74) is 0.973. The highest BCUT2D eigenvalue weighted by molar-refractivity contribution is 5.83. The monoisotopic (exact) mass is 436 g/mol. The Balaban J connectivity index is 1.37. The van der Waals surface area contributed by atoms with Crippen LogP contribution in [0.2, 0.25) is 0 Å². The first-order chi connectivity index (χ1) is 14.8. The van der Waals surface area contributed by atoms with Crippen molar-refractivity contribution in [1.82, 2.24) is 10.2 Å². The Morgan fingerprint density at radius 3 is 2.32 bits per heavy atom. The Morgan fingerprint density at radius 2 is 1.71 bits per heavy atom. The normalized spacial score (nSPS) is 22.7. The van der Waals surface area contributed by atoms with E-state index in [9.17, 15) is 22.4 Å². The quantitative estimate of drug-likeness (QED) is 0.693. The predicted octanol–water partition coefficient (Wildman–Crippen LogP) is 4.14. The minimum absolute atomic E-state index is 0.0602. The number of alkyl halides is 3. The summed E-state index contributed by atoms with van der Waals surface area (Å²) >= 11 is 0. The van der Waals surface area contributed by atoms with E-state index in [1.165, 1.54) is 24.3 Å². The van der Waals surface area contributed by atoms with Crippen molar-refractivity contribution in [2.45, 2.75) is 24.6 Å². The minimum atomic E-state index is -4.37. The zero-order valence-electron chi connectivity index (χ0n) is 16.9. The number of hydrogen-bond donors (Lipinski definition) is 1. The van der Waals surface area contributed by atoms with Crippen LogP contribution in [0.4, 0.5) is 17.6 Å². The Labute approximate surface area is 178 Å². The van der Waals surface area contributed by atoms with Gasteiger partial charge in [0, 0.05) is 25.6 Å². The topological polar surface area (TPSA) is 41.6 Å². The molecule has 1 heterocycles. The molecule has 4 rings (SSSR count).